The molecular weight excluding hydrogens is 540 g/mol. The Morgan fingerprint density at radius 1 is 1.05 bits per heavy atom. The SMILES string of the molecule is CCC(=O)O[C@@H](O[P@@](=O)(CCCCc1ccccc1)CC(=O)N1C[C@H](C2CCCCC2)C[C@H]1C(=O)O)C(C)C.[Na]. The molecule has 0 aromatic heterocycles. The van der Waals surface area contributed by atoms with Gasteiger partial charge in [-0.3, -0.25) is 18.7 Å². The number of amides is 1. The van der Waals surface area contributed by atoms with Crippen LogP contribution in [-0.4, -0.2) is 88.6 Å². The van der Waals surface area contributed by atoms with Gasteiger partial charge in [-0.15, -0.1) is 0 Å². The summed E-state index contributed by atoms with van der Waals surface area (Å²) in [6, 6.07) is 9.10. The van der Waals surface area contributed by atoms with Gasteiger partial charge >= 0.3 is 11.9 Å². The van der Waals surface area contributed by atoms with Crippen molar-refractivity contribution in [3.8, 4) is 0 Å². The molecule has 8 nitrogen and oxygen atoms in total. The van der Waals surface area contributed by atoms with Crippen molar-refractivity contribution in [3.63, 3.8) is 0 Å². The number of aryl methyl sites for hydroxylation is 1. The van der Waals surface area contributed by atoms with Crippen LogP contribution in [0.1, 0.15) is 84.1 Å². The molecule has 1 aromatic rings. The molecule has 4 atom stereocenters. The molecule has 0 unspecified atom stereocenters. The summed E-state index contributed by atoms with van der Waals surface area (Å²) in [6.45, 7) is 5.68. The maximum absolute atomic E-state index is 14.2. The molecule has 0 bridgehead atoms. The monoisotopic (exact) mass is 586 g/mol. The summed E-state index contributed by atoms with van der Waals surface area (Å²) in [5.74, 6) is -1.61. The van der Waals surface area contributed by atoms with Gasteiger partial charge in [0.2, 0.25) is 19.6 Å². The van der Waals surface area contributed by atoms with E-state index in [9.17, 15) is 24.1 Å². The zero-order valence-corrected chi connectivity index (χ0v) is 27.7. The summed E-state index contributed by atoms with van der Waals surface area (Å²) in [4.78, 5) is 39.2. The molecule has 2 aliphatic rings. The quantitative estimate of drug-likeness (QED) is 0.0973. The van der Waals surface area contributed by atoms with E-state index in [4.69, 9.17) is 9.26 Å². The Kier molecular flexibility index (Phi) is 14.9. The van der Waals surface area contributed by atoms with Crippen LogP contribution in [0.25, 0.3) is 0 Å². The Morgan fingerprint density at radius 3 is 2.33 bits per heavy atom. The third kappa shape index (κ3) is 10.6. The standard InChI is InChI=1S/C30H46NO7P.Na/c1-4-28(33)37-30(22(2)3)38-39(36,18-12-11-15-23-13-7-5-8-14-23)21-27(32)31-20-25(19-26(31)29(34)35)24-16-9-6-10-17-24;/h5,7-8,13-14,22,24-26,30H,4,6,9-12,15-21H2,1-3H3,(H,34,35);/t25-,26+,30+,39+;/m1./s1. The molecule has 1 amide bonds. The number of benzene rings is 1. The molecule has 1 saturated heterocycles. The molecule has 1 radical (unpaired) electrons. The molecule has 40 heavy (non-hydrogen) atoms. The molecule has 3 rings (SSSR count). The van der Waals surface area contributed by atoms with Crippen molar-refractivity contribution >= 4 is 54.8 Å². The topological polar surface area (TPSA) is 110 Å². The van der Waals surface area contributed by atoms with Crippen LogP contribution < -0.4 is 0 Å². The minimum absolute atomic E-state index is 0. The second-order valence-electron chi connectivity index (χ2n) is 11.5. The van der Waals surface area contributed by atoms with Crippen LogP contribution >= 0.6 is 7.37 Å². The van der Waals surface area contributed by atoms with Crippen LogP contribution in [0.2, 0.25) is 0 Å². The van der Waals surface area contributed by atoms with Gasteiger partial charge in [0.15, 0.2) is 0 Å². The smallest absolute Gasteiger partial charge is 0.326 e. The van der Waals surface area contributed by atoms with Gasteiger partial charge in [-0.05, 0) is 43.1 Å². The number of hydrogen-bond acceptors (Lipinski definition) is 6. The Hall–Kier alpha value is -1.18. The van der Waals surface area contributed by atoms with E-state index >= 15 is 0 Å². The molecule has 1 heterocycles. The summed E-state index contributed by atoms with van der Waals surface area (Å²) < 4.78 is 25.7. The number of nitrogens with zero attached hydrogens (tertiary/aromatic N) is 1. The van der Waals surface area contributed by atoms with E-state index in [1.807, 2.05) is 44.2 Å². The number of carboxylic acids is 1. The average molecular weight is 587 g/mol. The summed E-state index contributed by atoms with van der Waals surface area (Å²) in [7, 11) is -3.60. The number of carboxylic acid groups (broad SMARTS) is 1. The maximum atomic E-state index is 14.2. The summed E-state index contributed by atoms with van der Waals surface area (Å²) in [6.07, 6.45) is 7.12. The average Bonchev–Trinajstić information content (AvgIpc) is 3.38. The first-order valence-electron chi connectivity index (χ1n) is 14.6. The number of rotatable bonds is 14. The molecular formula is C30H46NNaO7P. The number of likely N-dealkylation sites (tertiary alicyclic amines) is 1. The minimum atomic E-state index is -3.60. The first-order valence-corrected chi connectivity index (χ1v) is 16.6. The van der Waals surface area contributed by atoms with Gasteiger partial charge in [-0.2, -0.15) is 0 Å². The van der Waals surface area contributed by atoms with Crippen LogP contribution in [0.4, 0.5) is 0 Å². The Balaban J connectivity index is 0.00000560. The molecule has 1 aromatic carbocycles. The van der Waals surface area contributed by atoms with Crippen LogP contribution in [0.5, 0.6) is 0 Å². The maximum Gasteiger partial charge on any atom is 0.326 e. The second kappa shape index (κ2) is 17.1. The fraction of sp³-hybridized carbons (Fsp3) is 0.700. The van der Waals surface area contributed by atoms with Crippen molar-refractivity contribution in [3.05, 3.63) is 35.9 Å². The third-order valence-corrected chi connectivity index (χ3v) is 10.4. The minimum Gasteiger partial charge on any atom is -0.480 e. The molecule has 1 aliphatic carbocycles. The largest absolute Gasteiger partial charge is 0.480 e. The molecule has 219 valence electrons. The van der Waals surface area contributed by atoms with E-state index in [-0.39, 0.29) is 60.1 Å². The Morgan fingerprint density at radius 2 is 1.73 bits per heavy atom. The van der Waals surface area contributed by atoms with Gasteiger partial charge in [0, 0.05) is 54.6 Å². The molecule has 10 heteroatoms. The van der Waals surface area contributed by atoms with Gasteiger partial charge < -0.3 is 14.7 Å². The van der Waals surface area contributed by atoms with Crippen LogP contribution in [-0.2, 0) is 34.6 Å². The number of carbonyl (C=O) groups excluding carboxylic acids is 2. The number of carbonyl (C=O) groups is 3. The number of ether oxygens (including phenoxy) is 1. The number of unbranched alkanes of at least 4 members (excludes halogenated alkanes) is 1. The van der Waals surface area contributed by atoms with Gasteiger partial charge in [0.25, 0.3) is 0 Å². The van der Waals surface area contributed by atoms with E-state index in [2.05, 4.69) is 0 Å². The molecule has 0 spiro atoms. The fourth-order valence-corrected chi connectivity index (χ4v) is 8.10. The van der Waals surface area contributed by atoms with E-state index in [0.717, 1.165) is 38.5 Å². The van der Waals surface area contributed by atoms with E-state index < -0.39 is 37.5 Å². The van der Waals surface area contributed by atoms with Crippen molar-refractivity contribution in [2.75, 3.05) is 18.9 Å². The summed E-state index contributed by atoms with van der Waals surface area (Å²) >= 11 is 0. The zero-order chi connectivity index (χ0) is 28.4. The number of aliphatic carboxylic acids is 1. The van der Waals surface area contributed by atoms with Crippen LogP contribution in [0.3, 0.4) is 0 Å². The molecule has 1 aliphatic heterocycles. The normalized spacial score (nSPS) is 21.9. The van der Waals surface area contributed by atoms with Crippen LogP contribution in [0, 0.1) is 17.8 Å². The number of esters is 1. The van der Waals surface area contributed by atoms with Crippen molar-refractivity contribution in [1.29, 1.82) is 0 Å². The van der Waals surface area contributed by atoms with Gasteiger partial charge in [-0.25, -0.2) is 4.79 Å². The van der Waals surface area contributed by atoms with E-state index in [1.54, 1.807) is 6.92 Å². The summed E-state index contributed by atoms with van der Waals surface area (Å²) in [5, 5.41) is 9.92. The first kappa shape index (κ1) is 35.0. The van der Waals surface area contributed by atoms with E-state index in [0.29, 0.717) is 25.3 Å². The van der Waals surface area contributed by atoms with Crippen molar-refractivity contribution in [2.24, 2.45) is 17.8 Å². The van der Waals surface area contributed by atoms with Gasteiger partial charge in [-0.1, -0.05) is 83.2 Å². The fourth-order valence-electron chi connectivity index (χ4n) is 5.80. The molecule has 2 fully saturated rings. The second-order valence-corrected chi connectivity index (χ2v) is 14.1. The predicted octanol–water partition coefficient (Wildman–Crippen LogP) is 5.74. The third-order valence-electron chi connectivity index (χ3n) is 8.07. The Bertz CT molecular complexity index is 999. The predicted molar refractivity (Wildman–Crippen MR) is 156 cm³/mol. The molecule has 1 saturated carbocycles. The summed E-state index contributed by atoms with van der Waals surface area (Å²) in [5.41, 5.74) is 1.18. The van der Waals surface area contributed by atoms with E-state index in [1.165, 1.54) is 16.9 Å². The Labute approximate surface area is 261 Å². The molecule has 1 N–H and O–H groups in total. The first-order chi connectivity index (χ1) is 18.6. The number of hydrogen-bond donors (Lipinski definition) is 1. The van der Waals surface area contributed by atoms with Crippen molar-refractivity contribution in [1.82, 2.24) is 4.90 Å². The van der Waals surface area contributed by atoms with Gasteiger partial charge in [0.05, 0.1) is 0 Å². The van der Waals surface area contributed by atoms with Crippen molar-refractivity contribution < 1.29 is 33.3 Å². The van der Waals surface area contributed by atoms with Crippen LogP contribution in [0.15, 0.2) is 30.3 Å². The van der Waals surface area contributed by atoms with Gasteiger partial charge in [0.1, 0.15) is 12.2 Å². The zero-order valence-electron chi connectivity index (χ0n) is 24.8. The van der Waals surface area contributed by atoms with Crippen molar-refractivity contribution in [2.45, 2.75) is 97.3 Å².